The predicted molar refractivity (Wildman–Crippen MR) is 70.0 cm³/mol. The van der Waals surface area contributed by atoms with Crippen LogP contribution in [-0.4, -0.2) is 40.8 Å². The second kappa shape index (κ2) is 5.65. The topological polar surface area (TPSA) is 44.0 Å². The Morgan fingerprint density at radius 2 is 2.06 bits per heavy atom. The summed E-state index contributed by atoms with van der Waals surface area (Å²) in [5.74, 6) is 0. The van der Waals surface area contributed by atoms with Crippen LogP contribution in [0.25, 0.3) is 0 Å². The van der Waals surface area contributed by atoms with E-state index in [1.54, 1.807) is 0 Å². The van der Waals surface area contributed by atoms with Gasteiger partial charge in [-0.2, -0.15) is 5.10 Å². The number of H-pyrrole nitrogens is 1. The Morgan fingerprint density at radius 1 is 1.35 bits per heavy atom. The van der Waals surface area contributed by atoms with Crippen molar-refractivity contribution < 1.29 is 0 Å². The summed E-state index contributed by atoms with van der Waals surface area (Å²) in [4.78, 5) is 2.52. The Bertz CT molecular complexity index is 331. The monoisotopic (exact) mass is 236 g/mol. The molecular weight excluding hydrogens is 212 g/mol. The minimum atomic E-state index is 0.673. The molecule has 1 fully saturated rings. The average Bonchev–Trinajstić information content (AvgIpc) is 2.67. The van der Waals surface area contributed by atoms with E-state index in [1.165, 1.54) is 43.7 Å². The molecule has 0 aliphatic carbocycles. The number of hydrogen-bond donors (Lipinski definition) is 2. The lowest BCUT2D eigenvalue weighted by molar-refractivity contribution is 0.206. The predicted octanol–water partition coefficient (Wildman–Crippen LogP) is 1.60. The van der Waals surface area contributed by atoms with Crippen LogP contribution in [0.3, 0.4) is 0 Å². The largest absolute Gasteiger partial charge is 0.310 e. The lowest BCUT2D eigenvalue weighted by atomic mass is 10.0. The maximum atomic E-state index is 4.23. The molecule has 17 heavy (non-hydrogen) atoms. The first-order chi connectivity index (χ1) is 8.20. The molecule has 1 aromatic rings. The fourth-order valence-electron chi connectivity index (χ4n) is 2.53. The lowest BCUT2D eigenvalue weighted by Crippen LogP contribution is -2.42. The van der Waals surface area contributed by atoms with Crippen LogP contribution in [0.15, 0.2) is 0 Å². The lowest BCUT2D eigenvalue weighted by Gasteiger charge is -2.31. The van der Waals surface area contributed by atoms with Crippen molar-refractivity contribution in [1.82, 2.24) is 20.4 Å². The highest BCUT2D eigenvalue weighted by atomic mass is 15.1. The van der Waals surface area contributed by atoms with Crippen molar-refractivity contribution in [2.45, 2.75) is 46.2 Å². The molecule has 0 amide bonds. The van der Waals surface area contributed by atoms with Crippen molar-refractivity contribution in [2.75, 3.05) is 19.6 Å². The summed E-state index contributed by atoms with van der Waals surface area (Å²) in [5.41, 5.74) is 3.66. The Labute approximate surface area is 104 Å². The van der Waals surface area contributed by atoms with Gasteiger partial charge in [-0.1, -0.05) is 6.92 Å². The highest BCUT2D eigenvalue weighted by Gasteiger charge is 2.18. The number of aromatic nitrogens is 2. The van der Waals surface area contributed by atoms with Crippen LogP contribution in [-0.2, 0) is 6.54 Å². The highest BCUT2D eigenvalue weighted by molar-refractivity contribution is 5.22. The third-order valence-electron chi connectivity index (χ3n) is 3.88. The third-order valence-corrected chi connectivity index (χ3v) is 3.88. The standard InChI is InChI=1S/C13H24N4/c1-4-17-7-5-12(6-8-17)14-9-13-10(2)15-16-11(13)3/h12,14H,4-9H2,1-3H3,(H,15,16). The number of aromatic amines is 1. The fourth-order valence-corrected chi connectivity index (χ4v) is 2.53. The molecule has 0 spiro atoms. The van der Waals surface area contributed by atoms with Crippen LogP contribution in [0.1, 0.15) is 36.7 Å². The first-order valence-electron chi connectivity index (χ1n) is 6.67. The third kappa shape index (κ3) is 3.07. The van der Waals surface area contributed by atoms with Crippen molar-refractivity contribution in [3.63, 3.8) is 0 Å². The SMILES string of the molecule is CCN1CCC(NCc2c(C)n[nH]c2C)CC1. The second-order valence-corrected chi connectivity index (χ2v) is 5.00. The summed E-state index contributed by atoms with van der Waals surface area (Å²) in [6, 6.07) is 0.673. The number of piperidine rings is 1. The highest BCUT2D eigenvalue weighted by Crippen LogP contribution is 2.13. The van der Waals surface area contributed by atoms with Gasteiger partial charge in [0.05, 0.1) is 5.69 Å². The van der Waals surface area contributed by atoms with Gasteiger partial charge in [-0.05, 0) is 46.3 Å². The number of nitrogens with one attached hydrogen (secondary N) is 2. The second-order valence-electron chi connectivity index (χ2n) is 5.00. The van der Waals surface area contributed by atoms with Crippen LogP contribution in [0.5, 0.6) is 0 Å². The van der Waals surface area contributed by atoms with Gasteiger partial charge < -0.3 is 10.2 Å². The normalized spacial score (nSPS) is 18.8. The molecule has 2 rings (SSSR count). The first-order valence-corrected chi connectivity index (χ1v) is 6.67. The van der Waals surface area contributed by atoms with Gasteiger partial charge in [0.2, 0.25) is 0 Å². The van der Waals surface area contributed by atoms with E-state index >= 15 is 0 Å². The van der Waals surface area contributed by atoms with Crippen LogP contribution < -0.4 is 5.32 Å². The molecule has 0 saturated carbocycles. The van der Waals surface area contributed by atoms with E-state index in [1.807, 2.05) is 0 Å². The molecule has 0 aromatic carbocycles. The van der Waals surface area contributed by atoms with Crippen molar-refractivity contribution in [1.29, 1.82) is 0 Å². The van der Waals surface area contributed by atoms with Gasteiger partial charge in [0.1, 0.15) is 0 Å². The van der Waals surface area contributed by atoms with Gasteiger partial charge >= 0.3 is 0 Å². The van der Waals surface area contributed by atoms with Gasteiger partial charge in [0.25, 0.3) is 0 Å². The number of hydrogen-bond acceptors (Lipinski definition) is 3. The average molecular weight is 236 g/mol. The summed E-state index contributed by atoms with van der Waals surface area (Å²) in [5, 5.41) is 10.9. The maximum Gasteiger partial charge on any atom is 0.0638 e. The number of likely N-dealkylation sites (tertiary alicyclic amines) is 1. The molecule has 0 atom stereocenters. The zero-order valence-corrected chi connectivity index (χ0v) is 11.2. The molecular formula is C13H24N4. The van der Waals surface area contributed by atoms with Crippen LogP contribution in [0.2, 0.25) is 0 Å². The first kappa shape index (κ1) is 12.6. The summed E-state index contributed by atoms with van der Waals surface area (Å²) < 4.78 is 0. The summed E-state index contributed by atoms with van der Waals surface area (Å²) in [6.45, 7) is 11.0. The molecule has 2 heterocycles. The van der Waals surface area contributed by atoms with E-state index in [-0.39, 0.29) is 0 Å². The van der Waals surface area contributed by atoms with E-state index in [9.17, 15) is 0 Å². The zero-order valence-electron chi connectivity index (χ0n) is 11.2. The van der Waals surface area contributed by atoms with Gasteiger partial charge in [0.15, 0.2) is 0 Å². The van der Waals surface area contributed by atoms with Gasteiger partial charge in [-0.15, -0.1) is 0 Å². The molecule has 2 N–H and O–H groups in total. The van der Waals surface area contributed by atoms with Crippen molar-refractivity contribution in [3.05, 3.63) is 17.0 Å². The molecule has 1 aliphatic heterocycles. The molecule has 0 unspecified atom stereocenters. The van der Waals surface area contributed by atoms with E-state index in [0.717, 1.165) is 12.2 Å². The van der Waals surface area contributed by atoms with E-state index in [0.29, 0.717) is 6.04 Å². The van der Waals surface area contributed by atoms with Crippen molar-refractivity contribution in [2.24, 2.45) is 0 Å². The Kier molecular flexibility index (Phi) is 4.18. The fraction of sp³-hybridized carbons (Fsp3) is 0.769. The van der Waals surface area contributed by atoms with Gasteiger partial charge in [-0.3, -0.25) is 5.10 Å². The quantitative estimate of drug-likeness (QED) is 0.834. The summed E-state index contributed by atoms with van der Waals surface area (Å²) in [7, 11) is 0. The molecule has 1 saturated heterocycles. The van der Waals surface area contributed by atoms with Crippen molar-refractivity contribution in [3.8, 4) is 0 Å². The molecule has 0 radical (unpaired) electrons. The maximum absolute atomic E-state index is 4.23. The van der Waals surface area contributed by atoms with E-state index in [2.05, 4.69) is 41.2 Å². The molecule has 96 valence electrons. The van der Waals surface area contributed by atoms with E-state index in [4.69, 9.17) is 0 Å². The summed E-state index contributed by atoms with van der Waals surface area (Å²) >= 11 is 0. The molecule has 4 nitrogen and oxygen atoms in total. The molecule has 4 heteroatoms. The Balaban J connectivity index is 1.80. The summed E-state index contributed by atoms with van der Waals surface area (Å²) in [6.07, 6.45) is 2.54. The molecule has 1 aromatic heterocycles. The van der Waals surface area contributed by atoms with Crippen LogP contribution >= 0.6 is 0 Å². The van der Waals surface area contributed by atoms with Gasteiger partial charge in [-0.25, -0.2) is 0 Å². The van der Waals surface area contributed by atoms with Crippen LogP contribution in [0.4, 0.5) is 0 Å². The van der Waals surface area contributed by atoms with E-state index < -0.39 is 0 Å². The number of aryl methyl sites for hydroxylation is 2. The van der Waals surface area contributed by atoms with Crippen LogP contribution in [0, 0.1) is 13.8 Å². The molecule has 1 aliphatic rings. The minimum Gasteiger partial charge on any atom is -0.310 e. The minimum absolute atomic E-state index is 0.673. The zero-order chi connectivity index (χ0) is 12.3. The molecule has 0 bridgehead atoms. The Hall–Kier alpha value is -0.870. The number of rotatable bonds is 4. The smallest absolute Gasteiger partial charge is 0.0638 e. The Morgan fingerprint density at radius 3 is 2.59 bits per heavy atom. The number of nitrogens with zero attached hydrogens (tertiary/aromatic N) is 2. The van der Waals surface area contributed by atoms with Gasteiger partial charge in [0, 0.05) is 23.8 Å². The van der Waals surface area contributed by atoms with Crippen molar-refractivity contribution >= 4 is 0 Å².